The highest BCUT2D eigenvalue weighted by Crippen LogP contribution is 2.21. The van der Waals surface area contributed by atoms with Crippen LogP contribution in [0.2, 0.25) is 0 Å². The average Bonchev–Trinajstić information content (AvgIpc) is 2.60. The van der Waals surface area contributed by atoms with Gasteiger partial charge in [0.1, 0.15) is 0 Å². The van der Waals surface area contributed by atoms with Crippen molar-refractivity contribution in [3.8, 4) is 0 Å². The third kappa shape index (κ3) is 5.94. The fourth-order valence-electron chi connectivity index (χ4n) is 2.63. The summed E-state index contributed by atoms with van der Waals surface area (Å²) in [5, 5.41) is 5.20. The molecule has 0 atom stereocenters. The lowest BCUT2D eigenvalue weighted by atomic mass is 10.1. The van der Waals surface area contributed by atoms with Gasteiger partial charge in [-0.2, -0.15) is 4.31 Å². The van der Waals surface area contributed by atoms with E-state index in [0.717, 1.165) is 5.56 Å². The first kappa shape index (κ1) is 22.4. The SMILES string of the molecule is Cc1ccc(S(=O)(=O)N2CCC(NC(=O)CNC(=O)CN)CC2)cc1.Cl. The molecule has 0 aromatic heterocycles. The van der Waals surface area contributed by atoms with E-state index in [2.05, 4.69) is 10.6 Å². The molecule has 1 fully saturated rings. The van der Waals surface area contributed by atoms with E-state index in [1.807, 2.05) is 6.92 Å². The summed E-state index contributed by atoms with van der Waals surface area (Å²) in [7, 11) is -3.51. The Bertz CT molecular complexity index is 716. The molecule has 1 heterocycles. The van der Waals surface area contributed by atoms with E-state index in [4.69, 9.17) is 5.73 Å². The van der Waals surface area contributed by atoms with Gasteiger partial charge in [0.05, 0.1) is 18.0 Å². The Morgan fingerprint density at radius 3 is 2.27 bits per heavy atom. The van der Waals surface area contributed by atoms with Crippen LogP contribution in [0.3, 0.4) is 0 Å². The summed E-state index contributed by atoms with van der Waals surface area (Å²) >= 11 is 0. The first-order chi connectivity index (χ1) is 11.8. The highest BCUT2D eigenvalue weighted by Gasteiger charge is 2.29. The molecular formula is C16H25ClN4O4S. The summed E-state index contributed by atoms with van der Waals surface area (Å²) in [5.41, 5.74) is 6.15. The summed E-state index contributed by atoms with van der Waals surface area (Å²) in [6.07, 6.45) is 1.06. The largest absolute Gasteiger partial charge is 0.352 e. The quantitative estimate of drug-likeness (QED) is 0.604. The van der Waals surface area contributed by atoms with Crippen LogP contribution in [-0.2, 0) is 19.6 Å². The van der Waals surface area contributed by atoms with E-state index in [1.54, 1.807) is 24.3 Å². The molecule has 4 N–H and O–H groups in total. The number of aryl methyl sites for hydroxylation is 1. The molecule has 0 spiro atoms. The molecule has 0 bridgehead atoms. The number of hydrogen-bond acceptors (Lipinski definition) is 5. The van der Waals surface area contributed by atoms with Crippen LogP contribution in [0.15, 0.2) is 29.2 Å². The molecule has 1 aliphatic heterocycles. The number of nitrogens with two attached hydrogens (primary N) is 1. The minimum Gasteiger partial charge on any atom is -0.352 e. The maximum atomic E-state index is 12.6. The number of halogens is 1. The van der Waals surface area contributed by atoms with Crippen molar-refractivity contribution in [1.29, 1.82) is 0 Å². The van der Waals surface area contributed by atoms with Crippen molar-refractivity contribution in [2.45, 2.75) is 30.7 Å². The first-order valence-electron chi connectivity index (χ1n) is 8.16. The Morgan fingerprint density at radius 1 is 1.15 bits per heavy atom. The van der Waals surface area contributed by atoms with Gasteiger partial charge in [0.25, 0.3) is 0 Å². The maximum absolute atomic E-state index is 12.6. The number of carbonyl (C=O) groups is 2. The molecule has 2 rings (SSSR count). The normalized spacial score (nSPS) is 15.8. The Balaban J connectivity index is 0.00000338. The van der Waals surface area contributed by atoms with Gasteiger partial charge in [-0.3, -0.25) is 9.59 Å². The summed E-state index contributed by atoms with van der Waals surface area (Å²) < 4.78 is 26.7. The molecule has 0 saturated carbocycles. The zero-order valence-electron chi connectivity index (χ0n) is 14.6. The minimum atomic E-state index is -3.51. The van der Waals surface area contributed by atoms with Crippen LogP contribution in [-0.4, -0.2) is 56.8 Å². The van der Waals surface area contributed by atoms with E-state index in [1.165, 1.54) is 4.31 Å². The molecule has 0 unspecified atom stereocenters. The predicted octanol–water partition coefficient (Wildman–Crippen LogP) is -0.239. The van der Waals surface area contributed by atoms with E-state index in [-0.39, 0.29) is 42.3 Å². The molecule has 10 heteroatoms. The van der Waals surface area contributed by atoms with Crippen LogP contribution >= 0.6 is 12.4 Å². The number of carbonyl (C=O) groups excluding carboxylic acids is 2. The summed E-state index contributed by atoms with van der Waals surface area (Å²) in [6.45, 7) is 2.30. The van der Waals surface area contributed by atoms with Crippen molar-refractivity contribution in [3.63, 3.8) is 0 Å². The number of rotatable bonds is 6. The molecule has 1 aromatic rings. The van der Waals surface area contributed by atoms with Crippen molar-refractivity contribution in [2.24, 2.45) is 5.73 Å². The highest BCUT2D eigenvalue weighted by molar-refractivity contribution is 7.89. The molecule has 1 aliphatic rings. The van der Waals surface area contributed by atoms with E-state index < -0.39 is 15.9 Å². The van der Waals surface area contributed by atoms with Crippen LogP contribution in [0.4, 0.5) is 0 Å². The molecule has 1 saturated heterocycles. The summed E-state index contributed by atoms with van der Waals surface area (Å²) in [4.78, 5) is 23.1. The average molecular weight is 405 g/mol. The third-order valence-corrected chi connectivity index (χ3v) is 6.02. The molecule has 2 amide bonds. The summed E-state index contributed by atoms with van der Waals surface area (Å²) in [6, 6.07) is 6.66. The Hall–Kier alpha value is -1.68. The molecule has 26 heavy (non-hydrogen) atoms. The zero-order chi connectivity index (χ0) is 18.4. The van der Waals surface area contributed by atoms with Crippen LogP contribution in [0.25, 0.3) is 0 Å². The zero-order valence-corrected chi connectivity index (χ0v) is 16.2. The fourth-order valence-corrected chi connectivity index (χ4v) is 4.10. The molecule has 0 radical (unpaired) electrons. The lowest BCUT2D eigenvalue weighted by molar-refractivity contribution is -0.125. The van der Waals surface area contributed by atoms with Gasteiger partial charge in [0, 0.05) is 19.1 Å². The fraction of sp³-hybridized carbons (Fsp3) is 0.500. The summed E-state index contributed by atoms with van der Waals surface area (Å²) in [5.74, 6) is -0.698. The minimum absolute atomic E-state index is 0. The van der Waals surface area contributed by atoms with Crippen molar-refractivity contribution in [2.75, 3.05) is 26.2 Å². The standard InChI is InChI=1S/C16H24N4O4S.ClH/c1-12-2-4-14(5-3-12)25(23,24)20-8-6-13(7-9-20)19-16(22)11-18-15(21)10-17;/h2-5,13H,6-11,17H2,1H3,(H,18,21)(H,19,22);1H. The van der Waals surface area contributed by atoms with Crippen LogP contribution in [0, 0.1) is 6.92 Å². The van der Waals surface area contributed by atoms with Gasteiger partial charge in [0.15, 0.2) is 0 Å². The Morgan fingerprint density at radius 2 is 1.73 bits per heavy atom. The van der Waals surface area contributed by atoms with E-state index in [0.29, 0.717) is 25.9 Å². The molecule has 8 nitrogen and oxygen atoms in total. The van der Waals surface area contributed by atoms with Gasteiger partial charge in [-0.05, 0) is 31.9 Å². The van der Waals surface area contributed by atoms with Crippen molar-refractivity contribution in [1.82, 2.24) is 14.9 Å². The van der Waals surface area contributed by atoms with Gasteiger partial charge in [-0.15, -0.1) is 12.4 Å². The van der Waals surface area contributed by atoms with Gasteiger partial charge in [0.2, 0.25) is 21.8 Å². The number of nitrogens with one attached hydrogen (secondary N) is 2. The van der Waals surface area contributed by atoms with Gasteiger partial charge < -0.3 is 16.4 Å². The maximum Gasteiger partial charge on any atom is 0.243 e. The predicted molar refractivity (Wildman–Crippen MR) is 100 cm³/mol. The van der Waals surface area contributed by atoms with Gasteiger partial charge >= 0.3 is 0 Å². The highest BCUT2D eigenvalue weighted by atomic mass is 35.5. The third-order valence-electron chi connectivity index (χ3n) is 4.11. The molecular weight excluding hydrogens is 380 g/mol. The van der Waals surface area contributed by atoms with E-state index >= 15 is 0 Å². The second-order valence-corrected chi connectivity index (χ2v) is 7.98. The molecule has 1 aromatic carbocycles. The number of hydrogen-bond donors (Lipinski definition) is 3. The van der Waals surface area contributed by atoms with Gasteiger partial charge in [-0.25, -0.2) is 8.42 Å². The number of piperidine rings is 1. The lowest BCUT2D eigenvalue weighted by Crippen LogP contribution is -2.49. The lowest BCUT2D eigenvalue weighted by Gasteiger charge is -2.31. The van der Waals surface area contributed by atoms with E-state index in [9.17, 15) is 18.0 Å². The Kier molecular flexibility index (Phi) is 8.48. The number of sulfonamides is 1. The van der Waals surface area contributed by atoms with Crippen LogP contribution < -0.4 is 16.4 Å². The monoisotopic (exact) mass is 404 g/mol. The first-order valence-corrected chi connectivity index (χ1v) is 9.60. The Labute approximate surface area is 160 Å². The van der Waals surface area contributed by atoms with Crippen molar-refractivity contribution >= 4 is 34.2 Å². The number of amides is 2. The number of benzene rings is 1. The molecule has 146 valence electrons. The second-order valence-electron chi connectivity index (χ2n) is 6.04. The van der Waals surface area contributed by atoms with Crippen LogP contribution in [0.5, 0.6) is 0 Å². The van der Waals surface area contributed by atoms with Crippen molar-refractivity contribution in [3.05, 3.63) is 29.8 Å². The van der Waals surface area contributed by atoms with Crippen LogP contribution in [0.1, 0.15) is 18.4 Å². The topological polar surface area (TPSA) is 122 Å². The smallest absolute Gasteiger partial charge is 0.243 e. The number of nitrogens with zero attached hydrogens (tertiary/aromatic N) is 1. The van der Waals surface area contributed by atoms with Crippen molar-refractivity contribution < 1.29 is 18.0 Å². The van der Waals surface area contributed by atoms with Gasteiger partial charge in [-0.1, -0.05) is 17.7 Å². The molecule has 0 aliphatic carbocycles. The second kappa shape index (κ2) is 9.86.